The lowest BCUT2D eigenvalue weighted by atomic mass is 9.89. The summed E-state index contributed by atoms with van der Waals surface area (Å²) in [6.07, 6.45) is 0.902. The predicted octanol–water partition coefficient (Wildman–Crippen LogP) is 2.85. The highest BCUT2D eigenvalue weighted by molar-refractivity contribution is 5.52. The molecule has 23 heavy (non-hydrogen) atoms. The van der Waals surface area contributed by atoms with E-state index < -0.39 is 0 Å². The average Bonchev–Trinajstić information content (AvgIpc) is 2.60. The number of ether oxygens (including phenoxy) is 2. The highest BCUT2D eigenvalue weighted by Crippen LogP contribution is 2.37. The number of non-ortho nitro benzene ring substituents is 1. The van der Waals surface area contributed by atoms with Gasteiger partial charge < -0.3 is 14.8 Å². The number of methoxy groups -OCH3 is 2. The van der Waals surface area contributed by atoms with Crippen LogP contribution in [-0.4, -0.2) is 25.7 Å². The van der Waals surface area contributed by atoms with E-state index in [-0.39, 0.29) is 16.7 Å². The molecule has 0 saturated heterocycles. The molecule has 1 heterocycles. The second-order valence-corrected chi connectivity index (χ2v) is 5.39. The fourth-order valence-electron chi connectivity index (χ4n) is 2.97. The first-order chi connectivity index (χ1) is 11.1. The van der Waals surface area contributed by atoms with E-state index in [4.69, 9.17) is 9.47 Å². The van der Waals surface area contributed by atoms with E-state index in [0.717, 1.165) is 29.8 Å². The first-order valence-corrected chi connectivity index (χ1v) is 7.36. The molecule has 120 valence electrons. The maximum Gasteiger partial charge on any atom is 0.269 e. The molecule has 1 aliphatic heterocycles. The van der Waals surface area contributed by atoms with Crippen LogP contribution in [0.2, 0.25) is 0 Å². The molecular formula is C17H18N2O4. The first-order valence-electron chi connectivity index (χ1n) is 7.36. The third-order valence-electron chi connectivity index (χ3n) is 4.14. The van der Waals surface area contributed by atoms with Gasteiger partial charge >= 0.3 is 0 Å². The van der Waals surface area contributed by atoms with Gasteiger partial charge in [0.1, 0.15) is 0 Å². The Morgan fingerprint density at radius 2 is 1.78 bits per heavy atom. The summed E-state index contributed by atoms with van der Waals surface area (Å²) in [4.78, 5) is 10.4. The van der Waals surface area contributed by atoms with Gasteiger partial charge in [0.2, 0.25) is 0 Å². The zero-order chi connectivity index (χ0) is 16.4. The number of benzene rings is 2. The fraction of sp³-hybridized carbons (Fsp3) is 0.294. The minimum atomic E-state index is -0.389. The molecule has 1 aliphatic rings. The molecule has 0 amide bonds. The smallest absolute Gasteiger partial charge is 0.269 e. The fourth-order valence-corrected chi connectivity index (χ4v) is 2.97. The van der Waals surface area contributed by atoms with Crippen molar-refractivity contribution in [2.45, 2.75) is 12.5 Å². The van der Waals surface area contributed by atoms with Crippen LogP contribution in [0.4, 0.5) is 5.69 Å². The Kier molecular flexibility index (Phi) is 4.16. The number of nitrogens with zero attached hydrogens (tertiary/aromatic N) is 1. The molecule has 1 N–H and O–H groups in total. The summed E-state index contributed by atoms with van der Waals surface area (Å²) in [5.41, 5.74) is 3.40. The van der Waals surface area contributed by atoms with Crippen molar-refractivity contribution in [3.63, 3.8) is 0 Å². The van der Waals surface area contributed by atoms with E-state index in [9.17, 15) is 10.1 Å². The zero-order valence-corrected chi connectivity index (χ0v) is 13.0. The van der Waals surface area contributed by atoms with Crippen molar-refractivity contribution in [1.82, 2.24) is 5.32 Å². The summed E-state index contributed by atoms with van der Waals surface area (Å²) in [7, 11) is 3.24. The molecule has 6 nitrogen and oxygen atoms in total. The molecular weight excluding hydrogens is 296 g/mol. The largest absolute Gasteiger partial charge is 0.493 e. The van der Waals surface area contributed by atoms with Crippen LogP contribution >= 0.6 is 0 Å². The van der Waals surface area contributed by atoms with Crippen molar-refractivity contribution in [1.29, 1.82) is 0 Å². The van der Waals surface area contributed by atoms with Crippen LogP contribution in [0.1, 0.15) is 22.7 Å². The lowest BCUT2D eigenvalue weighted by Gasteiger charge is -2.28. The van der Waals surface area contributed by atoms with Gasteiger partial charge in [0.15, 0.2) is 11.5 Å². The Morgan fingerprint density at radius 1 is 1.13 bits per heavy atom. The Bertz CT molecular complexity index is 728. The van der Waals surface area contributed by atoms with Crippen molar-refractivity contribution >= 4 is 5.69 Å². The van der Waals surface area contributed by atoms with Gasteiger partial charge in [-0.05, 0) is 35.2 Å². The minimum Gasteiger partial charge on any atom is -0.493 e. The third kappa shape index (κ3) is 2.85. The number of nitro groups is 1. The minimum absolute atomic E-state index is 0.0145. The second kappa shape index (κ2) is 6.26. The van der Waals surface area contributed by atoms with Crippen LogP contribution in [-0.2, 0) is 6.42 Å². The van der Waals surface area contributed by atoms with Gasteiger partial charge in [-0.15, -0.1) is 0 Å². The van der Waals surface area contributed by atoms with Gasteiger partial charge in [-0.25, -0.2) is 0 Å². The van der Waals surface area contributed by atoms with Crippen LogP contribution in [0.15, 0.2) is 36.4 Å². The normalized spacial score (nSPS) is 16.5. The molecule has 0 aliphatic carbocycles. The highest BCUT2D eigenvalue weighted by Gasteiger charge is 2.24. The number of hydrogen-bond acceptors (Lipinski definition) is 5. The molecule has 0 aromatic heterocycles. The monoisotopic (exact) mass is 314 g/mol. The molecule has 0 spiro atoms. The Balaban J connectivity index is 2.02. The summed E-state index contributed by atoms with van der Waals surface area (Å²) in [6, 6.07) is 10.6. The molecule has 2 aromatic rings. The molecule has 0 radical (unpaired) electrons. The van der Waals surface area contributed by atoms with E-state index in [1.807, 2.05) is 12.1 Å². The summed E-state index contributed by atoms with van der Waals surface area (Å²) in [5, 5.41) is 14.3. The Morgan fingerprint density at radius 3 is 2.39 bits per heavy atom. The number of nitro benzene ring substituents is 1. The van der Waals surface area contributed by atoms with Crippen LogP contribution in [0.25, 0.3) is 0 Å². The van der Waals surface area contributed by atoms with Crippen LogP contribution in [0.3, 0.4) is 0 Å². The molecule has 0 bridgehead atoms. The predicted molar refractivity (Wildman–Crippen MR) is 86.2 cm³/mol. The van der Waals surface area contributed by atoms with E-state index in [1.165, 1.54) is 17.7 Å². The molecule has 0 fully saturated rings. The maximum absolute atomic E-state index is 10.8. The van der Waals surface area contributed by atoms with Gasteiger partial charge in [0.25, 0.3) is 5.69 Å². The Hall–Kier alpha value is -2.60. The van der Waals surface area contributed by atoms with Crippen molar-refractivity contribution < 1.29 is 14.4 Å². The topological polar surface area (TPSA) is 73.6 Å². The maximum atomic E-state index is 10.8. The van der Waals surface area contributed by atoms with E-state index in [2.05, 4.69) is 5.32 Å². The molecule has 2 aromatic carbocycles. The summed E-state index contributed by atoms with van der Waals surface area (Å²) in [6.45, 7) is 0.837. The van der Waals surface area contributed by atoms with E-state index in [0.29, 0.717) is 5.75 Å². The first kappa shape index (κ1) is 15.3. The lowest BCUT2D eigenvalue weighted by molar-refractivity contribution is -0.384. The summed E-state index contributed by atoms with van der Waals surface area (Å²) < 4.78 is 10.8. The Labute approximate surface area is 134 Å². The van der Waals surface area contributed by atoms with Crippen molar-refractivity contribution in [2.75, 3.05) is 20.8 Å². The standard InChI is InChI=1S/C17H18N2O4/c1-22-15-9-12-7-8-18-17(14(12)10-16(15)23-2)11-3-5-13(6-4-11)19(20)21/h3-6,9-10,17-18H,7-8H2,1-2H3/t17-/m1/s1. The SMILES string of the molecule is COc1cc2c(cc1OC)[C@@H](c1ccc([N+](=O)[O-])cc1)NCC2. The van der Waals surface area contributed by atoms with Gasteiger partial charge in [-0.3, -0.25) is 10.1 Å². The summed E-state index contributed by atoms with van der Waals surface area (Å²) >= 11 is 0. The van der Waals surface area contributed by atoms with E-state index >= 15 is 0 Å². The van der Waals surface area contributed by atoms with E-state index in [1.54, 1.807) is 26.4 Å². The highest BCUT2D eigenvalue weighted by atomic mass is 16.6. The van der Waals surface area contributed by atoms with Crippen LogP contribution in [0, 0.1) is 10.1 Å². The lowest BCUT2D eigenvalue weighted by Crippen LogP contribution is -2.30. The molecule has 6 heteroatoms. The van der Waals surface area contributed by atoms with Crippen molar-refractivity contribution in [2.24, 2.45) is 0 Å². The van der Waals surface area contributed by atoms with Gasteiger partial charge in [-0.2, -0.15) is 0 Å². The van der Waals surface area contributed by atoms with Gasteiger partial charge in [0.05, 0.1) is 25.2 Å². The second-order valence-electron chi connectivity index (χ2n) is 5.39. The molecule has 3 rings (SSSR count). The van der Waals surface area contributed by atoms with Crippen LogP contribution in [0.5, 0.6) is 11.5 Å². The molecule has 1 atom stereocenters. The van der Waals surface area contributed by atoms with Gasteiger partial charge in [0, 0.05) is 18.7 Å². The quantitative estimate of drug-likeness (QED) is 0.694. The molecule has 0 saturated carbocycles. The average molecular weight is 314 g/mol. The number of hydrogen-bond donors (Lipinski definition) is 1. The zero-order valence-electron chi connectivity index (χ0n) is 13.0. The van der Waals surface area contributed by atoms with Gasteiger partial charge in [-0.1, -0.05) is 12.1 Å². The number of fused-ring (bicyclic) bond motifs is 1. The van der Waals surface area contributed by atoms with Crippen LogP contribution < -0.4 is 14.8 Å². The summed E-state index contributed by atoms with van der Waals surface area (Å²) in [5.74, 6) is 1.40. The van der Waals surface area contributed by atoms with Crippen molar-refractivity contribution in [3.05, 3.63) is 63.2 Å². The van der Waals surface area contributed by atoms with Crippen molar-refractivity contribution in [3.8, 4) is 11.5 Å². The number of nitrogens with one attached hydrogen (secondary N) is 1. The number of rotatable bonds is 4. The third-order valence-corrected chi connectivity index (χ3v) is 4.14. The molecule has 0 unspecified atom stereocenters.